The second-order valence-electron chi connectivity index (χ2n) is 3.57. The lowest BCUT2D eigenvalue weighted by Gasteiger charge is -2.33. The molecule has 0 N–H and O–H groups in total. The molecule has 0 bridgehead atoms. The van der Waals surface area contributed by atoms with Gasteiger partial charge in [0.25, 0.3) is 0 Å². The fraction of sp³-hybridized carbons (Fsp3) is 0.750. The largest absolute Gasteiger partial charge is 0.345 e. The molecule has 2 rings (SSSR count). The number of alkyl halides is 1. The van der Waals surface area contributed by atoms with Crippen molar-refractivity contribution in [3.8, 4) is 0 Å². The van der Waals surface area contributed by atoms with E-state index in [1.807, 2.05) is 0 Å². The molecule has 72 valence electrons. The van der Waals surface area contributed by atoms with Gasteiger partial charge in [-0.1, -0.05) is 6.92 Å². The minimum Gasteiger partial charge on any atom is -0.345 e. The number of anilines is 1. The van der Waals surface area contributed by atoms with Crippen LogP contribution in [0.15, 0.2) is 6.33 Å². The maximum absolute atomic E-state index is 6.14. The predicted molar refractivity (Wildman–Crippen MR) is 55.5 cm³/mol. The molecule has 0 radical (unpaired) electrons. The summed E-state index contributed by atoms with van der Waals surface area (Å²) < 4.78 is 3.99. The molecule has 0 aliphatic carbocycles. The molecule has 1 aromatic heterocycles. The van der Waals surface area contributed by atoms with Crippen molar-refractivity contribution in [2.45, 2.75) is 18.7 Å². The van der Waals surface area contributed by atoms with Gasteiger partial charge in [-0.3, -0.25) is 0 Å². The summed E-state index contributed by atoms with van der Waals surface area (Å²) in [6.07, 6.45) is 2.71. The fourth-order valence-electron chi connectivity index (χ4n) is 1.74. The number of piperidine rings is 1. The lowest BCUT2D eigenvalue weighted by atomic mass is 10.0. The van der Waals surface area contributed by atoms with Crippen LogP contribution in [0.4, 0.5) is 5.13 Å². The molecule has 2 atom stereocenters. The van der Waals surface area contributed by atoms with Crippen LogP contribution in [0.2, 0.25) is 0 Å². The van der Waals surface area contributed by atoms with Gasteiger partial charge < -0.3 is 4.90 Å². The molecule has 1 aromatic rings. The lowest BCUT2D eigenvalue weighted by Crippen LogP contribution is -2.40. The number of rotatable bonds is 1. The Balaban J connectivity index is 2.07. The van der Waals surface area contributed by atoms with Gasteiger partial charge in [-0.25, -0.2) is 4.98 Å². The fourth-order valence-corrected chi connectivity index (χ4v) is 2.76. The maximum Gasteiger partial charge on any atom is 0.204 e. The predicted octanol–water partition coefficient (Wildman–Crippen LogP) is 1.99. The van der Waals surface area contributed by atoms with Gasteiger partial charge in [0.15, 0.2) is 0 Å². The molecular formula is C8H12ClN3S. The molecular weight excluding hydrogens is 206 g/mol. The first kappa shape index (κ1) is 9.21. The van der Waals surface area contributed by atoms with Gasteiger partial charge in [0.1, 0.15) is 6.33 Å². The molecule has 13 heavy (non-hydrogen) atoms. The van der Waals surface area contributed by atoms with Gasteiger partial charge in [0.05, 0.1) is 5.38 Å². The monoisotopic (exact) mass is 217 g/mol. The number of nitrogens with zero attached hydrogens (tertiary/aromatic N) is 3. The van der Waals surface area contributed by atoms with E-state index in [9.17, 15) is 0 Å². The minimum atomic E-state index is 0.257. The molecule has 3 nitrogen and oxygen atoms in total. The first-order chi connectivity index (χ1) is 6.25. The highest BCUT2D eigenvalue weighted by Gasteiger charge is 2.24. The van der Waals surface area contributed by atoms with Crippen LogP contribution in [-0.2, 0) is 0 Å². The second-order valence-corrected chi connectivity index (χ2v) is 4.94. The molecule has 0 saturated carbocycles. The van der Waals surface area contributed by atoms with Crippen LogP contribution < -0.4 is 4.90 Å². The lowest BCUT2D eigenvalue weighted by molar-refractivity contribution is 0.451. The highest BCUT2D eigenvalue weighted by atomic mass is 35.5. The van der Waals surface area contributed by atoms with Crippen molar-refractivity contribution in [1.29, 1.82) is 0 Å². The van der Waals surface area contributed by atoms with Crippen LogP contribution in [-0.4, -0.2) is 27.8 Å². The van der Waals surface area contributed by atoms with E-state index < -0.39 is 0 Å². The molecule has 1 fully saturated rings. The Morgan fingerprint density at radius 2 is 2.46 bits per heavy atom. The van der Waals surface area contributed by atoms with Gasteiger partial charge in [0, 0.05) is 24.6 Å². The summed E-state index contributed by atoms with van der Waals surface area (Å²) in [5.41, 5.74) is 0. The molecule has 1 aliphatic rings. The Kier molecular flexibility index (Phi) is 2.69. The summed E-state index contributed by atoms with van der Waals surface area (Å²) >= 11 is 7.58. The van der Waals surface area contributed by atoms with Crippen molar-refractivity contribution in [3.63, 3.8) is 0 Å². The zero-order valence-electron chi connectivity index (χ0n) is 7.48. The molecule has 2 heterocycles. The molecule has 2 unspecified atom stereocenters. The molecule has 1 saturated heterocycles. The first-order valence-corrected chi connectivity index (χ1v) is 5.62. The second kappa shape index (κ2) is 3.80. The Bertz CT molecular complexity index is 254. The summed E-state index contributed by atoms with van der Waals surface area (Å²) in [5.74, 6) is 0.653. The zero-order valence-corrected chi connectivity index (χ0v) is 9.05. The van der Waals surface area contributed by atoms with E-state index in [1.165, 1.54) is 11.5 Å². The number of aromatic nitrogens is 2. The van der Waals surface area contributed by atoms with E-state index in [1.54, 1.807) is 6.33 Å². The third-order valence-electron chi connectivity index (χ3n) is 2.23. The van der Waals surface area contributed by atoms with E-state index in [4.69, 9.17) is 11.6 Å². The van der Waals surface area contributed by atoms with Crippen molar-refractivity contribution in [3.05, 3.63) is 6.33 Å². The van der Waals surface area contributed by atoms with E-state index in [0.717, 1.165) is 24.6 Å². The average molecular weight is 218 g/mol. The van der Waals surface area contributed by atoms with Crippen LogP contribution >= 0.6 is 23.1 Å². The Morgan fingerprint density at radius 1 is 1.62 bits per heavy atom. The first-order valence-electron chi connectivity index (χ1n) is 4.41. The van der Waals surface area contributed by atoms with Crippen LogP contribution in [0.1, 0.15) is 13.3 Å². The number of halogens is 1. The summed E-state index contributed by atoms with van der Waals surface area (Å²) in [6.45, 7) is 4.18. The van der Waals surface area contributed by atoms with Crippen molar-refractivity contribution >= 4 is 28.3 Å². The molecule has 0 spiro atoms. The van der Waals surface area contributed by atoms with Crippen LogP contribution in [0.25, 0.3) is 0 Å². The van der Waals surface area contributed by atoms with E-state index >= 15 is 0 Å². The summed E-state index contributed by atoms with van der Waals surface area (Å²) in [7, 11) is 0. The van der Waals surface area contributed by atoms with Gasteiger partial charge >= 0.3 is 0 Å². The SMILES string of the molecule is CC1CC(Cl)CN(c2ncns2)C1. The molecule has 0 aromatic carbocycles. The zero-order chi connectivity index (χ0) is 9.26. The number of hydrogen-bond donors (Lipinski definition) is 0. The molecule has 0 amide bonds. The third-order valence-corrected chi connectivity index (χ3v) is 3.27. The van der Waals surface area contributed by atoms with Gasteiger partial charge in [-0.2, -0.15) is 4.37 Å². The third kappa shape index (κ3) is 2.11. The van der Waals surface area contributed by atoms with Crippen LogP contribution in [0.5, 0.6) is 0 Å². The quantitative estimate of drug-likeness (QED) is 0.674. The van der Waals surface area contributed by atoms with E-state index in [0.29, 0.717) is 5.92 Å². The number of hydrogen-bond acceptors (Lipinski definition) is 4. The Hall–Kier alpha value is -0.350. The van der Waals surface area contributed by atoms with Crippen molar-refractivity contribution in [2.75, 3.05) is 18.0 Å². The van der Waals surface area contributed by atoms with Crippen LogP contribution in [0.3, 0.4) is 0 Å². The summed E-state index contributed by atoms with van der Waals surface area (Å²) in [5, 5.41) is 1.25. The van der Waals surface area contributed by atoms with Gasteiger partial charge in [0.2, 0.25) is 5.13 Å². The van der Waals surface area contributed by atoms with Crippen molar-refractivity contribution in [1.82, 2.24) is 9.36 Å². The highest BCUT2D eigenvalue weighted by Crippen LogP contribution is 2.25. The smallest absolute Gasteiger partial charge is 0.204 e. The van der Waals surface area contributed by atoms with E-state index in [2.05, 4.69) is 21.2 Å². The average Bonchev–Trinajstić information content (AvgIpc) is 2.53. The van der Waals surface area contributed by atoms with Gasteiger partial charge in [-0.05, 0) is 12.3 Å². The summed E-state index contributed by atoms with van der Waals surface area (Å²) in [6, 6.07) is 0. The maximum atomic E-state index is 6.14. The van der Waals surface area contributed by atoms with Crippen molar-refractivity contribution in [2.24, 2.45) is 5.92 Å². The summed E-state index contributed by atoms with van der Waals surface area (Å²) in [4.78, 5) is 6.41. The Labute approximate surface area is 86.9 Å². The highest BCUT2D eigenvalue weighted by molar-refractivity contribution is 7.09. The normalized spacial score (nSPS) is 29.2. The van der Waals surface area contributed by atoms with Crippen molar-refractivity contribution < 1.29 is 0 Å². The molecule has 5 heteroatoms. The Morgan fingerprint density at radius 3 is 3.08 bits per heavy atom. The molecule has 1 aliphatic heterocycles. The standard InChI is InChI=1S/C8H12ClN3S/c1-6-2-7(9)4-12(3-6)8-10-5-11-13-8/h5-7H,2-4H2,1H3. The van der Waals surface area contributed by atoms with Gasteiger partial charge in [-0.15, -0.1) is 11.6 Å². The topological polar surface area (TPSA) is 29.0 Å². The van der Waals surface area contributed by atoms with E-state index in [-0.39, 0.29) is 5.38 Å². The minimum absolute atomic E-state index is 0.257. The van der Waals surface area contributed by atoms with Crippen LogP contribution in [0, 0.1) is 5.92 Å².